The number of hydrogen-bond acceptors (Lipinski definition) is 6. The predicted octanol–water partition coefficient (Wildman–Crippen LogP) is 3.31. The molecule has 0 bridgehead atoms. The van der Waals surface area contributed by atoms with Gasteiger partial charge in [0, 0.05) is 24.6 Å². The van der Waals surface area contributed by atoms with Gasteiger partial charge in [0.05, 0.1) is 12.0 Å². The molecule has 1 aliphatic heterocycles. The maximum absolute atomic E-state index is 12.9. The van der Waals surface area contributed by atoms with Crippen molar-refractivity contribution in [3.63, 3.8) is 0 Å². The summed E-state index contributed by atoms with van der Waals surface area (Å²) < 4.78 is 37.7. The van der Waals surface area contributed by atoms with E-state index in [-0.39, 0.29) is 10.8 Å². The molecule has 0 N–H and O–H groups in total. The van der Waals surface area contributed by atoms with Gasteiger partial charge in [0.15, 0.2) is 5.82 Å². The van der Waals surface area contributed by atoms with Gasteiger partial charge in [0.25, 0.3) is 5.89 Å². The number of methoxy groups -OCH3 is 1. The summed E-state index contributed by atoms with van der Waals surface area (Å²) in [5.74, 6) is 1.84. The molecule has 8 heteroatoms. The van der Waals surface area contributed by atoms with Crippen molar-refractivity contribution in [2.24, 2.45) is 0 Å². The van der Waals surface area contributed by atoms with Gasteiger partial charge >= 0.3 is 0 Å². The van der Waals surface area contributed by atoms with Crippen LogP contribution in [0.5, 0.6) is 5.75 Å². The first-order chi connectivity index (χ1) is 13.6. The van der Waals surface area contributed by atoms with Crippen LogP contribution >= 0.6 is 0 Å². The quantitative estimate of drug-likeness (QED) is 0.654. The highest BCUT2D eigenvalue weighted by molar-refractivity contribution is 7.89. The van der Waals surface area contributed by atoms with Crippen molar-refractivity contribution in [1.82, 2.24) is 14.4 Å². The molecule has 7 nitrogen and oxygen atoms in total. The average Bonchev–Trinajstić information content (AvgIpc) is 3.25. The van der Waals surface area contributed by atoms with E-state index in [2.05, 4.69) is 10.1 Å². The van der Waals surface area contributed by atoms with Crippen molar-refractivity contribution in [3.8, 4) is 17.2 Å². The van der Waals surface area contributed by atoms with Crippen molar-refractivity contribution < 1.29 is 17.7 Å². The van der Waals surface area contributed by atoms with Crippen LogP contribution in [0.25, 0.3) is 11.5 Å². The van der Waals surface area contributed by atoms with Gasteiger partial charge in [-0.05, 0) is 49.2 Å². The highest BCUT2D eigenvalue weighted by Gasteiger charge is 2.31. The van der Waals surface area contributed by atoms with E-state index in [1.54, 1.807) is 31.4 Å². The van der Waals surface area contributed by atoms with E-state index in [1.165, 1.54) is 4.31 Å². The van der Waals surface area contributed by atoms with E-state index in [1.807, 2.05) is 30.3 Å². The Bertz CT molecular complexity index is 1020. The maximum atomic E-state index is 12.9. The number of rotatable bonds is 5. The van der Waals surface area contributed by atoms with Crippen LogP contribution in [0.2, 0.25) is 0 Å². The number of nitrogens with zero attached hydrogens (tertiary/aromatic N) is 3. The number of benzene rings is 2. The van der Waals surface area contributed by atoms with E-state index in [9.17, 15) is 8.42 Å². The first kappa shape index (κ1) is 18.6. The van der Waals surface area contributed by atoms with Crippen LogP contribution in [-0.4, -0.2) is 43.1 Å². The monoisotopic (exact) mass is 399 g/mol. The summed E-state index contributed by atoms with van der Waals surface area (Å²) in [6.45, 7) is 0.850. The summed E-state index contributed by atoms with van der Waals surface area (Å²) in [6.07, 6.45) is 1.31. The molecule has 2 heterocycles. The third kappa shape index (κ3) is 3.65. The smallest absolute Gasteiger partial charge is 0.257 e. The van der Waals surface area contributed by atoms with Crippen molar-refractivity contribution in [2.45, 2.75) is 23.7 Å². The molecule has 1 aromatic heterocycles. The summed E-state index contributed by atoms with van der Waals surface area (Å²) in [4.78, 5) is 4.78. The molecule has 0 amide bonds. The van der Waals surface area contributed by atoms with E-state index in [0.29, 0.717) is 43.4 Å². The van der Waals surface area contributed by atoms with Crippen LogP contribution in [0.15, 0.2) is 64.0 Å². The lowest BCUT2D eigenvalue weighted by atomic mass is 9.97. The molecule has 1 fully saturated rings. The molecule has 4 rings (SSSR count). The average molecular weight is 399 g/mol. The molecule has 1 saturated heterocycles. The molecule has 1 aliphatic rings. The Kier molecular flexibility index (Phi) is 5.15. The second-order valence-corrected chi connectivity index (χ2v) is 8.62. The normalized spacial score (nSPS) is 16.2. The predicted molar refractivity (Wildman–Crippen MR) is 103 cm³/mol. The summed E-state index contributed by atoms with van der Waals surface area (Å²) >= 11 is 0. The second-order valence-electron chi connectivity index (χ2n) is 6.68. The van der Waals surface area contributed by atoms with Crippen molar-refractivity contribution in [1.29, 1.82) is 0 Å². The zero-order valence-corrected chi connectivity index (χ0v) is 16.3. The van der Waals surface area contributed by atoms with Crippen LogP contribution in [0.4, 0.5) is 0 Å². The lowest BCUT2D eigenvalue weighted by Gasteiger charge is -2.29. The molecular formula is C20H21N3O4S. The number of sulfonamides is 1. The first-order valence-electron chi connectivity index (χ1n) is 9.11. The number of ether oxygens (including phenoxy) is 1. The van der Waals surface area contributed by atoms with Gasteiger partial charge < -0.3 is 9.26 Å². The van der Waals surface area contributed by atoms with Crippen LogP contribution in [0, 0.1) is 0 Å². The zero-order valence-electron chi connectivity index (χ0n) is 15.5. The van der Waals surface area contributed by atoms with E-state index < -0.39 is 10.0 Å². The summed E-state index contributed by atoms with van der Waals surface area (Å²) in [5.41, 5.74) is 0.876. The third-order valence-corrected chi connectivity index (χ3v) is 6.89. The van der Waals surface area contributed by atoms with Crippen LogP contribution in [-0.2, 0) is 10.0 Å². The molecule has 28 heavy (non-hydrogen) atoms. The summed E-state index contributed by atoms with van der Waals surface area (Å²) in [7, 11) is -1.97. The number of aromatic nitrogens is 2. The van der Waals surface area contributed by atoms with Gasteiger partial charge in [-0.25, -0.2) is 8.42 Å². The molecule has 0 radical (unpaired) electrons. The Morgan fingerprint density at radius 2 is 1.71 bits per heavy atom. The Morgan fingerprint density at radius 1 is 1.04 bits per heavy atom. The van der Waals surface area contributed by atoms with Gasteiger partial charge in [0.1, 0.15) is 5.75 Å². The molecule has 2 aromatic carbocycles. The fraction of sp³-hybridized carbons (Fsp3) is 0.300. The van der Waals surface area contributed by atoms with Crippen LogP contribution in [0.1, 0.15) is 24.6 Å². The molecule has 0 unspecified atom stereocenters. The molecule has 0 spiro atoms. The van der Waals surface area contributed by atoms with E-state index in [0.717, 1.165) is 5.56 Å². The van der Waals surface area contributed by atoms with Crippen molar-refractivity contribution in [2.75, 3.05) is 20.2 Å². The van der Waals surface area contributed by atoms with Crippen LogP contribution < -0.4 is 4.74 Å². The summed E-state index contributed by atoms with van der Waals surface area (Å²) in [6, 6.07) is 16.1. The first-order valence-corrected chi connectivity index (χ1v) is 10.5. The molecule has 3 aromatic rings. The van der Waals surface area contributed by atoms with Gasteiger partial charge in [-0.2, -0.15) is 9.29 Å². The Balaban J connectivity index is 1.44. The van der Waals surface area contributed by atoms with Gasteiger partial charge in [-0.15, -0.1) is 0 Å². The molecule has 146 valence electrons. The van der Waals surface area contributed by atoms with Crippen molar-refractivity contribution >= 4 is 10.0 Å². The SMILES string of the molecule is COc1ccc(S(=O)(=O)N2CCC(c3noc(-c4ccccc4)n3)CC2)cc1. The minimum atomic E-state index is -3.52. The lowest BCUT2D eigenvalue weighted by Crippen LogP contribution is -2.38. The fourth-order valence-corrected chi connectivity index (χ4v) is 4.82. The molecule has 0 atom stereocenters. The number of hydrogen-bond donors (Lipinski definition) is 0. The fourth-order valence-electron chi connectivity index (χ4n) is 3.35. The molecule has 0 aliphatic carbocycles. The van der Waals surface area contributed by atoms with E-state index >= 15 is 0 Å². The maximum Gasteiger partial charge on any atom is 0.257 e. The topological polar surface area (TPSA) is 85.5 Å². The van der Waals surface area contributed by atoms with Crippen molar-refractivity contribution in [3.05, 3.63) is 60.4 Å². The Morgan fingerprint density at radius 3 is 2.36 bits per heavy atom. The minimum Gasteiger partial charge on any atom is -0.497 e. The molecular weight excluding hydrogens is 378 g/mol. The van der Waals surface area contributed by atoms with Gasteiger partial charge in [-0.3, -0.25) is 0 Å². The van der Waals surface area contributed by atoms with E-state index in [4.69, 9.17) is 9.26 Å². The van der Waals surface area contributed by atoms with Gasteiger partial charge in [-0.1, -0.05) is 23.4 Å². The Labute approximate surface area is 164 Å². The second kappa shape index (κ2) is 7.73. The zero-order chi connectivity index (χ0) is 19.6. The standard InChI is InChI=1S/C20H21N3O4S/c1-26-17-7-9-18(10-8-17)28(24,25)23-13-11-15(12-14-23)19-21-20(27-22-19)16-5-3-2-4-6-16/h2-10,15H,11-14H2,1H3. The number of piperidine rings is 1. The minimum absolute atomic E-state index is 0.0866. The highest BCUT2D eigenvalue weighted by Crippen LogP contribution is 2.31. The largest absolute Gasteiger partial charge is 0.497 e. The molecule has 0 saturated carbocycles. The highest BCUT2D eigenvalue weighted by atomic mass is 32.2. The van der Waals surface area contributed by atoms with Crippen LogP contribution in [0.3, 0.4) is 0 Å². The lowest BCUT2D eigenvalue weighted by molar-refractivity contribution is 0.307. The third-order valence-electron chi connectivity index (χ3n) is 4.98. The Hall–Kier alpha value is -2.71. The van der Waals surface area contributed by atoms with Gasteiger partial charge in [0.2, 0.25) is 10.0 Å². The summed E-state index contributed by atoms with van der Waals surface area (Å²) in [5, 5.41) is 4.11.